The molecule has 0 aliphatic heterocycles. The summed E-state index contributed by atoms with van der Waals surface area (Å²) in [4.78, 5) is 4.24. The highest BCUT2D eigenvalue weighted by Crippen LogP contribution is 2.10. The molecule has 2 aromatic carbocycles. The highest BCUT2D eigenvalue weighted by atomic mass is 127. The topological polar surface area (TPSA) is 45.7 Å². The molecule has 1 unspecified atom stereocenters. The average molecular weight is 439 g/mol. The van der Waals surface area contributed by atoms with Crippen LogP contribution in [0.15, 0.2) is 59.6 Å². The van der Waals surface area contributed by atoms with Crippen LogP contribution in [0.3, 0.4) is 0 Å². The number of nitrogens with one attached hydrogen (secondary N) is 2. The minimum absolute atomic E-state index is 0. The number of halogens is 1. The van der Waals surface area contributed by atoms with Crippen molar-refractivity contribution < 1.29 is 4.74 Å². The number of ether oxygens (including phenoxy) is 1. The normalized spacial score (nSPS) is 12.0. The first kappa shape index (κ1) is 20.3. The summed E-state index contributed by atoms with van der Waals surface area (Å²) in [6.45, 7) is 5.55. The molecule has 0 aromatic heterocycles. The van der Waals surface area contributed by atoms with E-state index in [2.05, 4.69) is 46.8 Å². The van der Waals surface area contributed by atoms with Gasteiger partial charge >= 0.3 is 0 Å². The van der Waals surface area contributed by atoms with Crippen LogP contribution in [0.2, 0.25) is 0 Å². The van der Waals surface area contributed by atoms with E-state index < -0.39 is 0 Å². The molecule has 24 heavy (non-hydrogen) atoms. The number of rotatable bonds is 6. The second-order valence-electron chi connectivity index (χ2n) is 5.53. The molecule has 0 heterocycles. The van der Waals surface area contributed by atoms with Crippen molar-refractivity contribution in [1.82, 2.24) is 10.6 Å². The minimum atomic E-state index is 0. The van der Waals surface area contributed by atoms with E-state index in [0.717, 1.165) is 18.3 Å². The molecule has 0 fully saturated rings. The van der Waals surface area contributed by atoms with Gasteiger partial charge in [0.05, 0.1) is 6.54 Å². The summed E-state index contributed by atoms with van der Waals surface area (Å²) >= 11 is 0. The standard InChI is InChI=1S/C19H25N3O.HI/c1-15-9-11-17(12-10-15)14-22-19(20-3)21-13-16(2)23-18-7-5-4-6-8-18;/h4-12,16H,13-14H2,1-3H3,(H2,20,21,22);1H. The molecule has 0 bridgehead atoms. The highest BCUT2D eigenvalue weighted by molar-refractivity contribution is 14.0. The quantitative estimate of drug-likeness (QED) is 0.410. The van der Waals surface area contributed by atoms with Crippen molar-refractivity contribution in [1.29, 1.82) is 0 Å². The highest BCUT2D eigenvalue weighted by Gasteiger charge is 2.05. The summed E-state index contributed by atoms with van der Waals surface area (Å²) in [6.07, 6.45) is 0.0512. The van der Waals surface area contributed by atoms with E-state index in [0.29, 0.717) is 6.54 Å². The number of para-hydroxylation sites is 1. The van der Waals surface area contributed by atoms with E-state index in [1.54, 1.807) is 7.05 Å². The second kappa shape index (κ2) is 10.9. The van der Waals surface area contributed by atoms with Crippen LogP contribution in [0, 0.1) is 6.92 Å². The predicted octanol–water partition coefficient (Wildman–Crippen LogP) is 3.75. The van der Waals surface area contributed by atoms with Gasteiger partial charge in [-0.1, -0.05) is 48.0 Å². The van der Waals surface area contributed by atoms with Gasteiger partial charge in [-0.15, -0.1) is 24.0 Å². The minimum Gasteiger partial charge on any atom is -0.489 e. The SMILES string of the molecule is CN=C(NCc1ccc(C)cc1)NCC(C)Oc1ccccc1.I. The molecule has 0 aliphatic carbocycles. The molecule has 2 aromatic rings. The van der Waals surface area contributed by atoms with Crippen molar-refractivity contribution >= 4 is 29.9 Å². The molecule has 0 spiro atoms. The van der Waals surface area contributed by atoms with Gasteiger partial charge in [-0.25, -0.2) is 0 Å². The molecular formula is C19H26IN3O. The van der Waals surface area contributed by atoms with Crippen molar-refractivity contribution in [2.45, 2.75) is 26.5 Å². The zero-order chi connectivity index (χ0) is 16.5. The lowest BCUT2D eigenvalue weighted by molar-refractivity contribution is 0.224. The predicted molar refractivity (Wildman–Crippen MR) is 111 cm³/mol. The third-order valence-corrected chi connectivity index (χ3v) is 3.44. The first-order valence-electron chi connectivity index (χ1n) is 7.89. The lowest BCUT2D eigenvalue weighted by Crippen LogP contribution is -2.41. The Bertz CT molecular complexity index is 614. The van der Waals surface area contributed by atoms with E-state index in [9.17, 15) is 0 Å². The smallest absolute Gasteiger partial charge is 0.191 e. The Labute approximate surface area is 161 Å². The first-order chi connectivity index (χ1) is 11.2. The van der Waals surface area contributed by atoms with Crippen molar-refractivity contribution in [3.05, 3.63) is 65.7 Å². The molecule has 130 valence electrons. The summed E-state index contributed by atoms with van der Waals surface area (Å²) in [5, 5.41) is 6.59. The van der Waals surface area contributed by atoms with Crippen molar-refractivity contribution in [2.24, 2.45) is 4.99 Å². The van der Waals surface area contributed by atoms with E-state index in [4.69, 9.17) is 4.74 Å². The molecule has 0 amide bonds. The van der Waals surface area contributed by atoms with Crippen LogP contribution < -0.4 is 15.4 Å². The third-order valence-electron chi connectivity index (χ3n) is 3.44. The van der Waals surface area contributed by atoms with Gasteiger partial charge in [-0.2, -0.15) is 0 Å². The maximum Gasteiger partial charge on any atom is 0.191 e. The summed E-state index contributed by atoms with van der Waals surface area (Å²) in [6, 6.07) is 18.3. The summed E-state index contributed by atoms with van der Waals surface area (Å²) < 4.78 is 5.84. The van der Waals surface area contributed by atoms with Gasteiger partial charge in [-0.05, 0) is 31.5 Å². The van der Waals surface area contributed by atoms with Crippen LogP contribution in [0.5, 0.6) is 5.75 Å². The van der Waals surface area contributed by atoms with Crippen molar-refractivity contribution in [2.75, 3.05) is 13.6 Å². The maximum atomic E-state index is 5.84. The largest absolute Gasteiger partial charge is 0.489 e. The Morgan fingerprint density at radius 3 is 2.33 bits per heavy atom. The number of hydrogen-bond donors (Lipinski definition) is 2. The molecule has 2 rings (SSSR count). The second-order valence-corrected chi connectivity index (χ2v) is 5.53. The average Bonchev–Trinajstić information content (AvgIpc) is 2.57. The molecule has 0 saturated heterocycles. The van der Waals surface area contributed by atoms with Crippen molar-refractivity contribution in [3.63, 3.8) is 0 Å². The Hall–Kier alpha value is -1.76. The number of aryl methyl sites for hydroxylation is 1. The molecule has 0 aliphatic rings. The number of benzene rings is 2. The number of hydrogen-bond acceptors (Lipinski definition) is 2. The van der Waals surface area contributed by atoms with E-state index in [1.165, 1.54) is 11.1 Å². The van der Waals surface area contributed by atoms with Crippen molar-refractivity contribution in [3.8, 4) is 5.75 Å². The Kier molecular flexibility index (Phi) is 9.22. The first-order valence-corrected chi connectivity index (χ1v) is 7.89. The zero-order valence-corrected chi connectivity index (χ0v) is 16.8. The molecule has 0 radical (unpaired) electrons. The van der Waals surface area contributed by atoms with Gasteiger partial charge in [0.1, 0.15) is 11.9 Å². The molecule has 1 atom stereocenters. The van der Waals surface area contributed by atoms with Crippen LogP contribution >= 0.6 is 24.0 Å². The van der Waals surface area contributed by atoms with Gasteiger partial charge < -0.3 is 15.4 Å². The lowest BCUT2D eigenvalue weighted by Gasteiger charge is -2.17. The fraction of sp³-hybridized carbons (Fsp3) is 0.316. The Morgan fingerprint density at radius 2 is 1.71 bits per heavy atom. The van der Waals surface area contributed by atoms with Gasteiger partial charge in [0.15, 0.2) is 5.96 Å². The van der Waals surface area contributed by atoms with E-state index >= 15 is 0 Å². The van der Waals surface area contributed by atoms with E-state index in [-0.39, 0.29) is 30.1 Å². The number of guanidine groups is 1. The monoisotopic (exact) mass is 439 g/mol. The van der Waals surface area contributed by atoms with Gasteiger partial charge in [-0.3, -0.25) is 4.99 Å². The van der Waals surface area contributed by atoms with Crippen LogP contribution in [-0.4, -0.2) is 25.7 Å². The number of aliphatic imine (C=N–C) groups is 1. The summed E-state index contributed by atoms with van der Waals surface area (Å²) in [7, 11) is 1.77. The van der Waals surface area contributed by atoms with Gasteiger partial charge in [0.2, 0.25) is 0 Å². The zero-order valence-electron chi connectivity index (χ0n) is 14.5. The lowest BCUT2D eigenvalue weighted by atomic mass is 10.1. The van der Waals surface area contributed by atoms with Crippen LogP contribution in [0.1, 0.15) is 18.1 Å². The van der Waals surface area contributed by atoms with Gasteiger partial charge in [0, 0.05) is 13.6 Å². The molecular weight excluding hydrogens is 413 g/mol. The molecule has 2 N–H and O–H groups in total. The Balaban J connectivity index is 0.00000288. The Morgan fingerprint density at radius 1 is 1.04 bits per heavy atom. The summed E-state index contributed by atoms with van der Waals surface area (Å²) in [5.41, 5.74) is 2.50. The molecule has 4 nitrogen and oxygen atoms in total. The summed E-state index contributed by atoms with van der Waals surface area (Å²) in [5.74, 6) is 1.65. The fourth-order valence-corrected chi connectivity index (χ4v) is 2.13. The molecule has 5 heteroatoms. The van der Waals surface area contributed by atoms with Gasteiger partial charge in [0.25, 0.3) is 0 Å². The van der Waals surface area contributed by atoms with Crippen LogP contribution in [-0.2, 0) is 6.54 Å². The third kappa shape index (κ3) is 7.21. The van der Waals surface area contributed by atoms with Crippen LogP contribution in [0.4, 0.5) is 0 Å². The van der Waals surface area contributed by atoms with Crippen LogP contribution in [0.25, 0.3) is 0 Å². The maximum absolute atomic E-state index is 5.84. The van der Waals surface area contributed by atoms with E-state index in [1.807, 2.05) is 37.3 Å². The number of nitrogens with zero attached hydrogens (tertiary/aromatic N) is 1. The molecule has 0 saturated carbocycles. The fourth-order valence-electron chi connectivity index (χ4n) is 2.13.